The number of amides is 2. The predicted octanol–water partition coefficient (Wildman–Crippen LogP) is 2.42. The van der Waals surface area contributed by atoms with E-state index in [0.717, 1.165) is 30.4 Å². The molecule has 2 amide bonds. The molecule has 2 rings (SSSR count). The van der Waals surface area contributed by atoms with E-state index in [-0.39, 0.29) is 5.91 Å². The molecule has 0 spiro atoms. The van der Waals surface area contributed by atoms with Gasteiger partial charge in [-0.05, 0) is 24.0 Å². The first-order valence-corrected chi connectivity index (χ1v) is 7.56. The van der Waals surface area contributed by atoms with E-state index in [0.29, 0.717) is 6.54 Å². The number of carbonyl (C=O) groups excluding carboxylic acids is 2. The Balaban J connectivity index is 2.37. The lowest BCUT2D eigenvalue weighted by atomic mass is 9.83. The van der Waals surface area contributed by atoms with Crippen LogP contribution in [0.15, 0.2) is 24.3 Å². The molecule has 0 saturated heterocycles. The minimum atomic E-state index is -0.640. The second kappa shape index (κ2) is 5.88. The molecular weight excluding hydrogens is 264 g/mol. The van der Waals surface area contributed by atoms with Gasteiger partial charge in [0.1, 0.15) is 6.04 Å². The van der Waals surface area contributed by atoms with Crippen LogP contribution in [0.2, 0.25) is 0 Å². The summed E-state index contributed by atoms with van der Waals surface area (Å²) < 4.78 is 0. The number of nitrogens with zero attached hydrogens (tertiary/aromatic N) is 1. The lowest BCUT2D eigenvalue weighted by molar-refractivity contribution is -0.148. The third kappa shape index (κ3) is 2.94. The Morgan fingerprint density at radius 1 is 1.33 bits per heavy atom. The number of hydrogen-bond acceptors (Lipinski definition) is 2. The summed E-state index contributed by atoms with van der Waals surface area (Å²) in [5.41, 5.74) is 7.11. The first-order valence-electron chi connectivity index (χ1n) is 7.56. The molecule has 0 saturated carbocycles. The number of benzene rings is 1. The minimum absolute atomic E-state index is 0.0163. The summed E-state index contributed by atoms with van der Waals surface area (Å²) in [7, 11) is 0. The number of carbonyl (C=O) groups is 2. The van der Waals surface area contributed by atoms with Crippen molar-refractivity contribution in [3.05, 3.63) is 35.4 Å². The zero-order chi connectivity index (χ0) is 15.6. The van der Waals surface area contributed by atoms with Crippen molar-refractivity contribution >= 4 is 11.8 Å². The number of nitrogens with two attached hydrogens (primary N) is 1. The van der Waals surface area contributed by atoms with Crippen LogP contribution in [0, 0.1) is 5.41 Å². The second-order valence-corrected chi connectivity index (χ2v) is 6.39. The highest BCUT2D eigenvalue weighted by Crippen LogP contribution is 2.34. The van der Waals surface area contributed by atoms with E-state index in [4.69, 9.17) is 5.73 Å². The van der Waals surface area contributed by atoms with Gasteiger partial charge in [0.25, 0.3) is 0 Å². The molecule has 1 aromatic carbocycles. The average molecular weight is 288 g/mol. The molecule has 0 aromatic heterocycles. The van der Waals surface area contributed by atoms with Gasteiger partial charge in [-0.1, -0.05) is 51.5 Å². The highest BCUT2D eigenvalue weighted by atomic mass is 16.2. The molecule has 1 heterocycles. The Morgan fingerprint density at radius 2 is 2.00 bits per heavy atom. The van der Waals surface area contributed by atoms with Crippen molar-refractivity contribution in [1.82, 2.24) is 4.90 Å². The van der Waals surface area contributed by atoms with E-state index in [1.165, 1.54) is 0 Å². The van der Waals surface area contributed by atoms with Crippen LogP contribution in [0.4, 0.5) is 0 Å². The maximum absolute atomic E-state index is 12.9. The van der Waals surface area contributed by atoms with Crippen molar-refractivity contribution in [2.75, 3.05) is 6.54 Å². The predicted molar refractivity (Wildman–Crippen MR) is 82.5 cm³/mol. The second-order valence-electron chi connectivity index (χ2n) is 6.39. The summed E-state index contributed by atoms with van der Waals surface area (Å²) in [6.45, 7) is 6.50. The standard InChI is InChI=1S/C17H24N2O2/c1-4-10-17(2,3)16(21)19-11-9-12-7-5-6-8-13(12)14(19)15(18)20/h5-8,14H,4,9-11H2,1-3H3,(H2,18,20). The summed E-state index contributed by atoms with van der Waals surface area (Å²) in [5.74, 6) is -0.439. The average Bonchev–Trinajstić information content (AvgIpc) is 2.44. The molecule has 1 aliphatic rings. The monoisotopic (exact) mass is 288 g/mol. The van der Waals surface area contributed by atoms with Gasteiger partial charge in [-0.2, -0.15) is 0 Å². The molecule has 0 aliphatic carbocycles. The molecule has 4 heteroatoms. The van der Waals surface area contributed by atoms with Crippen molar-refractivity contribution in [2.45, 2.75) is 46.1 Å². The van der Waals surface area contributed by atoms with Crippen molar-refractivity contribution < 1.29 is 9.59 Å². The van der Waals surface area contributed by atoms with Gasteiger partial charge in [-0.25, -0.2) is 0 Å². The van der Waals surface area contributed by atoms with Crippen molar-refractivity contribution in [1.29, 1.82) is 0 Å². The van der Waals surface area contributed by atoms with Gasteiger partial charge in [0.15, 0.2) is 0 Å². The summed E-state index contributed by atoms with van der Waals surface area (Å²) in [6, 6.07) is 7.11. The Hall–Kier alpha value is -1.84. The van der Waals surface area contributed by atoms with Gasteiger partial charge in [0.05, 0.1) is 0 Å². The zero-order valence-electron chi connectivity index (χ0n) is 13.1. The largest absolute Gasteiger partial charge is 0.368 e. The van der Waals surface area contributed by atoms with Gasteiger partial charge in [0, 0.05) is 12.0 Å². The highest BCUT2D eigenvalue weighted by molar-refractivity contribution is 5.90. The maximum Gasteiger partial charge on any atom is 0.244 e. The maximum atomic E-state index is 12.9. The third-order valence-corrected chi connectivity index (χ3v) is 4.27. The van der Waals surface area contributed by atoms with E-state index in [9.17, 15) is 9.59 Å². The van der Waals surface area contributed by atoms with Gasteiger partial charge in [0.2, 0.25) is 11.8 Å². The SMILES string of the molecule is CCCC(C)(C)C(=O)N1CCc2ccccc2C1C(N)=O. The number of hydrogen-bond donors (Lipinski definition) is 1. The Morgan fingerprint density at radius 3 is 2.62 bits per heavy atom. The number of fused-ring (bicyclic) bond motifs is 1. The van der Waals surface area contributed by atoms with Crippen LogP contribution in [0.25, 0.3) is 0 Å². The fraction of sp³-hybridized carbons (Fsp3) is 0.529. The van der Waals surface area contributed by atoms with Gasteiger partial charge < -0.3 is 10.6 Å². The van der Waals surface area contributed by atoms with E-state index >= 15 is 0 Å². The van der Waals surface area contributed by atoms with E-state index < -0.39 is 17.4 Å². The van der Waals surface area contributed by atoms with Crippen LogP contribution in [0.5, 0.6) is 0 Å². The molecule has 2 N–H and O–H groups in total. The topological polar surface area (TPSA) is 63.4 Å². The summed E-state index contributed by atoms with van der Waals surface area (Å²) >= 11 is 0. The molecular formula is C17H24N2O2. The molecule has 1 unspecified atom stereocenters. The van der Waals surface area contributed by atoms with Crippen LogP contribution in [-0.2, 0) is 16.0 Å². The third-order valence-electron chi connectivity index (χ3n) is 4.27. The number of primary amides is 1. The first-order chi connectivity index (χ1) is 9.88. The number of rotatable bonds is 4. The van der Waals surface area contributed by atoms with Crippen LogP contribution < -0.4 is 5.73 Å². The van der Waals surface area contributed by atoms with E-state index in [2.05, 4.69) is 6.92 Å². The van der Waals surface area contributed by atoms with Crippen molar-refractivity contribution in [3.63, 3.8) is 0 Å². The van der Waals surface area contributed by atoms with Crippen molar-refractivity contribution in [3.8, 4) is 0 Å². The van der Waals surface area contributed by atoms with E-state index in [1.807, 2.05) is 38.1 Å². The lowest BCUT2D eigenvalue weighted by Gasteiger charge is -2.39. The highest BCUT2D eigenvalue weighted by Gasteiger charge is 2.40. The van der Waals surface area contributed by atoms with Crippen LogP contribution in [0.3, 0.4) is 0 Å². The quantitative estimate of drug-likeness (QED) is 0.924. The van der Waals surface area contributed by atoms with Crippen LogP contribution in [0.1, 0.15) is 50.8 Å². The minimum Gasteiger partial charge on any atom is -0.368 e. The Bertz CT molecular complexity index is 551. The molecule has 1 atom stereocenters. The van der Waals surface area contributed by atoms with Gasteiger partial charge >= 0.3 is 0 Å². The zero-order valence-corrected chi connectivity index (χ0v) is 13.1. The lowest BCUT2D eigenvalue weighted by Crippen LogP contribution is -2.50. The van der Waals surface area contributed by atoms with Crippen LogP contribution >= 0.6 is 0 Å². The molecule has 0 bridgehead atoms. The molecule has 4 nitrogen and oxygen atoms in total. The van der Waals surface area contributed by atoms with Crippen molar-refractivity contribution in [2.24, 2.45) is 11.1 Å². The fourth-order valence-electron chi connectivity index (χ4n) is 3.21. The molecule has 1 aromatic rings. The van der Waals surface area contributed by atoms with Gasteiger partial charge in [-0.3, -0.25) is 9.59 Å². The molecule has 1 aliphatic heterocycles. The fourth-order valence-corrected chi connectivity index (χ4v) is 3.21. The first kappa shape index (κ1) is 15.5. The van der Waals surface area contributed by atoms with Crippen LogP contribution in [-0.4, -0.2) is 23.3 Å². The van der Waals surface area contributed by atoms with E-state index in [1.54, 1.807) is 4.90 Å². The smallest absolute Gasteiger partial charge is 0.244 e. The summed E-state index contributed by atoms with van der Waals surface area (Å²) in [5, 5.41) is 0. The Labute approximate surface area is 126 Å². The van der Waals surface area contributed by atoms with Gasteiger partial charge in [-0.15, -0.1) is 0 Å². The normalized spacial score (nSPS) is 18.2. The summed E-state index contributed by atoms with van der Waals surface area (Å²) in [4.78, 5) is 26.5. The molecule has 114 valence electrons. The Kier molecular flexibility index (Phi) is 4.35. The summed E-state index contributed by atoms with van der Waals surface area (Å²) in [6.07, 6.45) is 2.51. The molecule has 0 radical (unpaired) electrons. The molecule has 0 fully saturated rings. The molecule has 21 heavy (non-hydrogen) atoms.